The molecule has 0 unspecified atom stereocenters. The van der Waals surface area contributed by atoms with E-state index in [1.807, 2.05) is 0 Å². The van der Waals surface area contributed by atoms with Crippen molar-refractivity contribution < 1.29 is 26.3 Å². The highest BCUT2D eigenvalue weighted by atomic mass is 32.2. The quantitative estimate of drug-likeness (QED) is 0.736. The highest BCUT2D eigenvalue weighted by Crippen LogP contribution is 2.20. The van der Waals surface area contributed by atoms with Crippen molar-refractivity contribution in [2.24, 2.45) is 5.41 Å². The van der Waals surface area contributed by atoms with Gasteiger partial charge in [0.25, 0.3) is 0 Å². The van der Waals surface area contributed by atoms with Crippen molar-refractivity contribution in [2.45, 2.75) is 23.6 Å². The minimum Gasteiger partial charge on any atom is -0.396 e. The fourth-order valence-electron chi connectivity index (χ4n) is 1.34. The van der Waals surface area contributed by atoms with E-state index >= 15 is 0 Å². The lowest BCUT2D eigenvalue weighted by molar-refractivity contribution is 0.163. The molecular formula is C12H18FNO5S2. The Morgan fingerprint density at radius 1 is 1.24 bits per heavy atom. The number of rotatable bonds is 6. The van der Waals surface area contributed by atoms with E-state index in [1.54, 1.807) is 13.8 Å². The van der Waals surface area contributed by atoms with Gasteiger partial charge in [0.1, 0.15) is 10.7 Å². The van der Waals surface area contributed by atoms with Crippen LogP contribution in [0.1, 0.15) is 13.8 Å². The van der Waals surface area contributed by atoms with Crippen LogP contribution in [0.5, 0.6) is 0 Å². The van der Waals surface area contributed by atoms with Gasteiger partial charge in [0, 0.05) is 24.8 Å². The van der Waals surface area contributed by atoms with Crippen LogP contribution < -0.4 is 4.72 Å². The van der Waals surface area contributed by atoms with E-state index in [0.717, 1.165) is 24.5 Å². The lowest BCUT2D eigenvalue weighted by atomic mass is 9.96. The van der Waals surface area contributed by atoms with E-state index in [2.05, 4.69) is 4.72 Å². The third kappa shape index (κ3) is 4.73. The van der Waals surface area contributed by atoms with Crippen molar-refractivity contribution in [3.8, 4) is 0 Å². The first kappa shape index (κ1) is 18.0. The molecule has 0 radical (unpaired) electrons. The molecule has 0 atom stereocenters. The standard InChI is InChI=1S/C12H18FNO5S2/c1-12(2,8-15)7-14-21(18,19)11-6-9(20(3,16)17)4-5-10(11)13/h4-6,14-15H,7-8H2,1-3H3. The smallest absolute Gasteiger partial charge is 0.243 e. The Bertz CT molecular complexity index is 726. The fraction of sp³-hybridized carbons (Fsp3) is 0.500. The predicted octanol–water partition coefficient (Wildman–Crippen LogP) is 0.526. The molecule has 0 saturated heterocycles. The molecule has 0 aliphatic rings. The lowest BCUT2D eigenvalue weighted by Crippen LogP contribution is -2.36. The molecule has 0 aromatic heterocycles. The zero-order valence-corrected chi connectivity index (χ0v) is 13.6. The van der Waals surface area contributed by atoms with Crippen molar-refractivity contribution in [1.82, 2.24) is 4.72 Å². The van der Waals surface area contributed by atoms with Gasteiger partial charge in [-0.05, 0) is 18.2 Å². The van der Waals surface area contributed by atoms with Crippen LogP contribution in [0, 0.1) is 11.2 Å². The summed E-state index contributed by atoms with van der Waals surface area (Å²) in [6.07, 6.45) is 0.902. The summed E-state index contributed by atoms with van der Waals surface area (Å²) in [6, 6.07) is 2.57. The lowest BCUT2D eigenvalue weighted by Gasteiger charge is -2.21. The number of benzene rings is 1. The van der Waals surface area contributed by atoms with Crippen LogP contribution in [0.4, 0.5) is 4.39 Å². The minimum atomic E-state index is -4.22. The van der Waals surface area contributed by atoms with Crippen molar-refractivity contribution in [3.63, 3.8) is 0 Å². The molecule has 0 saturated carbocycles. The van der Waals surface area contributed by atoms with E-state index in [1.165, 1.54) is 0 Å². The van der Waals surface area contributed by atoms with Gasteiger partial charge in [-0.25, -0.2) is 25.9 Å². The maximum Gasteiger partial charge on any atom is 0.243 e. The molecule has 1 aromatic rings. The fourth-order valence-corrected chi connectivity index (χ4v) is 3.41. The maximum atomic E-state index is 13.7. The Kier molecular flexibility index (Phi) is 5.14. The van der Waals surface area contributed by atoms with Crippen molar-refractivity contribution in [2.75, 3.05) is 19.4 Å². The third-order valence-electron chi connectivity index (χ3n) is 2.79. The van der Waals surface area contributed by atoms with Gasteiger partial charge in [-0.15, -0.1) is 0 Å². The summed E-state index contributed by atoms with van der Waals surface area (Å²) in [5.41, 5.74) is -0.724. The van der Waals surface area contributed by atoms with Crippen LogP contribution in [0.15, 0.2) is 28.0 Å². The number of aliphatic hydroxyl groups is 1. The number of aliphatic hydroxyl groups excluding tert-OH is 1. The summed E-state index contributed by atoms with van der Waals surface area (Å²) in [5.74, 6) is -1.04. The molecule has 1 rings (SSSR count). The molecule has 0 heterocycles. The molecule has 0 bridgehead atoms. The zero-order valence-electron chi connectivity index (χ0n) is 11.9. The highest BCUT2D eigenvalue weighted by Gasteiger charge is 2.25. The molecule has 1 aromatic carbocycles. The first-order valence-electron chi connectivity index (χ1n) is 5.99. The van der Waals surface area contributed by atoms with Crippen LogP contribution in [-0.4, -0.2) is 41.3 Å². The number of hydrogen-bond acceptors (Lipinski definition) is 5. The van der Waals surface area contributed by atoms with Gasteiger partial charge >= 0.3 is 0 Å². The summed E-state index contributed by atoms with van der Waals surface area (Å²) < 4.78 is 62.8. The topological polar surface area (TPSA) is 101 Å². The van der Waals surface area contributed by atoms with Crippen LogP contribution in [0.3, 0.4) is 0 Å². The van der Waals surface area contributed by atoms with Crippen LogP contribution in [-0.2, 0) is 19.9 Å². The second kappa shape index (κ2) is 5.99. The minimum absolute atomic E-state index is 0.117. The summed E-state index contributed by atoms with van der Waals surface area (Å²) >= 11 is 0. The molecule has 0 spiro atoms. The second-order valence-electron chi connectivity index (χ2n) is 5.51. The molecule has 0 aliphatic heterocycles. The van der Waals surface area contributed by atoms with Gasteiger partial charge in [0.05, 0.1) is 4.90 Å². The first-order chi connectivity index (χ1) is 9.39. The summed E-state index contributed by atoms with van der Waals surface area (Å²) in [5, 5.41) is 9.08. The molecular weight excluding hydrogens is 321 g/mol. The van der Waals surface area contributed by atoms with Gasteiger partial charge in [-0.3, -0.25) is 0 Å². The van der Waals surface area contributed by atoms with Gasteiger partial charge in [-0.1, -0.05) is 13.8 Å². The summed E-state index contributed by atoms with van der Waals surface area (Å²) in [4.78, 5) is -1.02. The average Bonchev–Trinajstić information content (AvgIpc) is 2.35. The van der Waals surface area contributed by atoms with Crippen molar-refractivity contribution in [1.29, 1.82) is 0 Å². The molecule has 2 N–H and O–H groups in total. The van der Waals surface area contributed by atoms with E-state index < -0.39 is 36.0 Å². The van der Waals surface area contributed by atoms with Gasteiger partial charge in [-0.2, -0.15) is 0 Å². The predicted molar refractivity (Wildman–Crippen MR) is 75.6 cm³/mol. The molecule has 21 heavy (non-hydrogen) atoms. The van der Waals surface area contributed by atoms with E-state index in [4.69, 9.17) is 5.11 Å². The zero-order chi connectivity index (χ0) is 16.5. The second-order valence-corrected chi connectivity index (χ2v) is 9.26. The highest BCUT2D eigenvalue weighted by molar-refractivity contribution is 7.91. The summed E-state index contributed by atoms with van der Waals surface area (Å²) in [7, 11) is -7.87. The van der Waals surface area contributed by atoms with Crippen molar-refractivity contribution in [3.05, 3.63) is 24.0 Å². The molecule has 120 valence electrons. The Morgan fingerprint density at radius 3 is 2.29 bits per heavy atom. The monoisotopic (exact) mass is 339 g/mol. The number of sulfonamides is 1. The van der Waals surface area contributed by atoms with Gasteiger partial charge in [0.2, 0.25) is 10.0 Å². The largest absolute Gasteiger partial charge is 0.396 e. The first-order valence-corrected chi connectivity index (χ1v) is 9.37. The molecule has 9 heteroatoms. The molecule has 0 fully saturated rings. The Labute approximate surface area is 124 Å². The number of nitrogens with one attached hydrogen (secondary N) is 1. The normalized spacial score (nSPS) is 13.4. The molecule has 6 nitrogen and oxygen atoms in total. The number of hydrogen-bond donors (Lipinski definition) is 2. The maximum absolute atomic E-state index is 13.7. The van der Waals surface area contributed by atoms with Crippen molar-refractivity contribution >= 4 is 19.9 Å². The third-order valence-corrected chi connectivity index (χ3v) is 5.32. The Balaban J connectivity index is 3.20. The molecule has 0 aliphatic carbocycles. The van der Waals surface area contributed by atoms with E-state index in [-0.39, 0.29) is 18.0 Å². The van der Waals surface area contributed by atoms with Crippen LogP contribution >= 0.6 is 0 Å². The Morgan fingerprint density at radius 2 is 1.81 bits per heavy atom. The van der Waals surface area contributed by atoms with E-state index in [9.17, 15) is 21.2 Å². The van der Waals surface area contributed by atoms with Gasteiger partial charge < -0.3 is 5.11 Å². The van der Waals surface area contributed by atoms with Crippen LogP contribution in [0.25, 0.3) is 0 Å². The molecule has 0 amide bonds. The van der Waals surface area contributed by atoms with E-state index in [0.29, 0.717) is 0 Å². The average molecular weight is 339 g/mol. The van der Waals surface area contributed by atoms with Crippen LogP contribution in [0.2, 0.25) is 0 Å². The SMILES string of the molecule is CC(C)(CO)CNS(=O)(=O)c1cc(S(C)(=O)=O)ccc1F. The number of sulfone groups is 1. The van der Waals surface area contributed by atoms with Gasteiger partial charge in [0.15, 0.2) is 9.84 Å². The summed E-state index contributed by atoms with van der Waals surface area (Å²) in [6.45, 7) is 2.87. The number of halogens is 1. The Hall–Kier alpha value is -1.03.